The molecule has 3 N–H and O–H groups in total. The molecule has 7 nitrogen and oxygen atoms in total. The lowest BCUT2D eigenvalue weighted by Gasteiger charge is -2.15. The van der Waals surface area contributed by atoms with Gasteiger partial charge in [-0.1, -0.05) is 0 Å². The second-order valence-corrected chi connectivity index (χ2v) is 2.63. The number of H-pyrrole nitrogens is 1. The standard InChI is InChI=1S/C7H5N5O2/c8-4-3-5(10-1-9-4)14-7-6(13-3)11-2-12-7/h1-2H,(H,11,12)(H2,8,9,10). The van der Waals surface area contributed by atoms with Crippen molar-refractivity contribution in [2.45, 2.75) is 0 Å². The summed E-state index contributed by atoms with van der Waals surface area (Å²) in [6.45, 7) is 0. The summed E-state index contributed by atoms with van der Waals surface area (Å²) in [6, 6.07) is 0. The molecular weight excluding hydrogens is 186 g/mol. The molecular formula is C7H5N5O2. The number of rotatable bonds is 0. The van der Waals surface area contributed by atoms with E-state index < -0.39 is 0 Å². The molecule has 0 radical (unpaired) electrons. The van der Waals surface area contributed by atoms with Crippen LogP contribution in [0.25, 0.3) is 0 Å². The highest BCUT2D eigenvalue weighted by Crippen LogP contribution is 2.43. The van der Waals surface area contributed by atoms with Gasteiger partial charge >= 0.3 is 0 Å². The molecule has 0 saturated heterocycles. The van der Waals surface area contributed by atoms with Crippen molar-refractivity contribution in [3.05, 3.63) is 12.7 Å². The molecule has 0 amide bonds. The van der Waals surface area contributed by atoms with Crippen LogP contribution in [0.15, 0.2) is 12.7 Å². The minimum Gasteiger partial charge on any atom is -0.426 e. The fraction of sp³-hybridized carbons (Fsp3) is 0. The number of hydrogen-bond donors (Lipinski definition) is 2. The minimum atomic E-state index is 0.232. The fourth-order valence-corrected chi connectivity index (χ4v) is 1.15. The second kappa shape index (κ2) is 2.34. The summed E-state index contributed by atoms with van der Waals surface area (Å²) in [5.74, 6) is 1.56. The number of nitrogens with two attached hydrogens (primary N) is 1. The molecule has 70 valence electrons. The molecule has 14 heavy (non-hydrogen) atoms. The van der Waals surface area contributed by atoms with Crippen molar-refractivity contribution in [3.8, 4) is 23.4 Å². The first-order valence-electron chi connectivity index (χ1n) is 3.84. The molecule has 0 unspecified atom stereocenters. The lowest BCUT2D eigenvalue weighted by molar-refractivity contribution is 0.334. The largest absolute Gasteiger partial charge is 0.426 e. The van der Waals surface area contributed by atoms with Crippen molar-refractivity contribution < 1.29 is 9.47 Å². The number of nitrogens with zero attached hydrogens (tertiary/aromatic N) is 3. The molecule has 1 aliphatic rings. The van der Waals surface area contributed by atoms with Crippen molar-refractivity contribution in [1.82, 2.24) is 19.9 Å². The summed E-state index contributed by atoms with van der Waals surface area (Å²) in [6.07, 6.45) is 2.76. The van der Waals surface area contributed by atoms with Crippen LogP contribution in [0, 0.1) is 0 Å². The third-order valence-electron chi connectivity index (χ3n) is 1.77. The average Bonchev–Trinajstić information content (AvgIpc) is 2.62. The van der Waals surface area contributed by atoms with Crippen molar-refractivity contribution >= 4 is 5.82 Å². The Morgan fingerprint density at radius 1 is 1.14 bits per heavy atom. The molecule has 0 saturated carbocycles. The first kappa shape index (κ1) is 7.13. The third-order valence-corrected chi connectivity index (χ3v) is 1.77. The Balaban J connectivity index is 2.17. The zero-order chi connectivity index (χ0) is 9.54. The number of aromatic nitrogens is 4. The topological polar surface area (TPSA) is 98.9 Å². The van der Waals surface area contributed by atoms with E-state index in [1.807, 2.05) is 0 Å². The van der Waals surface area contributed by atoms with Gasteiger partial charge in [-0.25, -0.2) is 4.98 Å². The highest BCUT2D eigenvalue weighted by molar-refractivity contribution is 5.56. The van der Waals surface area contributed by atoms with Gasteiger partial charge in [0.2, 0.25) is 5.75 Å². The molecule has 0 aliphatic carbocycles. The lowest BCUT2D eigenvalue weighted by Crippen LogP contribution is -2.04. The summed E-state index contributed by atoms with van der Waals surface area (Å²) < 4.78 is 10.7. The van der Waals surface area contributed by atoms with E-state index in [0.29, 0.717) is 17.5 Å². The third kappa shape index (κ3) is 0.830. The molecule has 0 fully saturated rings. The lowest BCUT2D eigenvalue weighted by atomic mass is 10.5. The van der Waals surface area contributed by atoms with Gasteiger partial charge in [0.1, 0.15) is 6.33 Å². The number of nitrogens with one attached hydrogen (secondary N) is 1. The van der Waals surface area contributed by atoms with Crippen molar-refractivity contribution in [1.29, 1.82) is 0 Å². The minimum absolute atomic E-state index is 0.232. The monoisotopic (exact) mass is 191 g/mol. The summed E-state index contributed by atoms with van der Waals surface area (Å²) in [7, 11) is 0. The normalized spacial score (nSPS) is 12.3. The molecule has 0 bridgehead atoms. The fourth-order valence-electron chi connectivity index (χ4n) is 1.15. The van der Waals surface area contributed by atoms with Crippen molar-refractivity contribution in [2.75, 3.05) is 5.73 Å². The second-order valence-electron chi connectivity index (χ2n) is 2.63. The van der Waals surface area contributed by atoms with Crippen molar-refractivity contribution in [3.63, 3.8) is 0 Å². The molecule has 3 heterocycles. The van der Waals surface area contributed by atoms with E-state index in [4.69, 9.17) is 15.2 Å². The number of fused-ring (bicyclic) bond motifs is 2. The van der Waals surface area contributed by atoms with Gasteiger partial charge in [0, 0.05) is 0 Å². The van der Waals surface area contributed by atoms with Gasteiger partial charge in [-0.15, -0.1) is 0 Å². The number of anilines is 1. The van der Waals surface area contributed by atoms with Gasteiger partial charge in [-0.2, -0.15) is 9.97 Å². The van der Waals surface area contributed by atoms with Gasteiger partial charge in [-0.3, -0.25) is 0 Å². The first-order chi connectivity index (χ1) is 6.84. The van der Waals surface area contributed by atoms with Crippen LogP contribution in [0.5, 0.6) is 23.4 Å². The number of hydrogen-bond acceptors (Lipinski definition) is 6. The molecule has 0 spiro atoms. The van der Waals surface area contributed by atoms with E-state index in [-0.39, 0.29) is 11.7 Å². The van der Waals surface area contributed by atoms with Gasteiger partial charge in [0.05, 0.1) is 6.33 Å². The maximum Gasteiger partial charge on any atom is 0.284 e. The highest BCUT2D eigenvalue weighted by atomic mass is 16.6. The Bertz CT molecular complexity index is 495. The van der Waals surface area contributed by atoms with E-state index >= 15 is 0 Å². The SMILES string of the molecule is Nc1ncnc2c1Oc1[nH]cnc1O2. The van der Waals surface area contributed by atoms with E-state index in [0.717, 1.165) is 0 Å². The Hall–Kier alpha value is -2.31. The summed E-state index contributed by atoms with van der Waals surface area (Å²) in [5, 5.41) is 0. The maximum absolute atomic E-state index is 5.58. The molecule has 2 aromatic heterocycles. The predicted octanol–water partition coefficient (Wildman–Crippen LogP) is 0.680. The van der Waals surface area contributed by atoms with E-state index in [1.165, 1.54) is 12.7 Å². The maximum atomic E-state index is 5.58. The van der Waals surface area contributed by atoms with Crippen LogP contribution < -0.4 is 15.2 Å². The molecule has 2 aromatic rings. The van der Waals surface area contributed by atoms with Gasteiger partial charge < -0.3 is 20.2 Å². The highest BCUT2D eigenvalue weighted by Gasteiger charge is 2.24. The van der Waals surface area contributed by atoms with Crippen LogP contribution in [0.1, 0.15) is 0 Å². The number of ether oxygens (including phenoxy) is 2. The Morgan fingerprint density at radius 2 is 2.07 bits per heavy atom. The smallest absolute Gasteiger partial charge is 0.284 e. The molecule has 1 aliphatic heterocycles. The van der Waals surface area contributed by atoms with Crippen LogP contribution in [0.2, 0.25) is 0 Å². The molecule has 0 aromatic carbocycles. The Morgan fingerprint density at radius 3 is 3.00 bits per heavy atom. The van der Waals surface area contributed by atoms with E-state index in [9.17, 15) is 0 Å². The molecule has 7 heteroatoms. The summed E-state index contributed by atoms with van der Waals surface area (Å²) in [4.78, 5) is 14.3. The quantitative estimate of drug-likeness (QED) is 0.542. The number of imidazole rings is 1. The van der Waals surface area contributed by atoms with Crippen LogP contribution >= 0.6 is 0 Å². The summed E-state index contributed by atoms with van der Waals surface area (Å²) >= 11 is 0. The van der Waals surface area contributed by atoms with Crippen LogP contribution in [-0.2, 0) is 0 Å². The van der Waals surface area contributed by atoms with Crippen molar-refractivity contribution in [2.24, 2.45) is 0 Å². The van der Waals surface area contributed by atoms with Crippen LogP contribution in [0.3, 0.4) is 0 Å². The zero-order valence-electron chi connectivity index (χ0n) is 6.89. The van der Waals surface area contributed by atoms with E-state index in [2.05, 4.69) is 19.9 Å². The van der Waals surface area contributed by atoms with Gasteiger partial charge in [-0.05, 0) is 0 Å². The molecule has 0 atom stereocenters. The van der Waals surface area contributed by atoms with Gasteiger partial charge in [0.25, 0.3) is 17.6 Å². The van der Waals surface area contributed by atoms with E-state index in [1.54, 1.807) is 0 Å². The van der Waals surface area contributed by atoms with Crippen LogP contribution in [0.4, 0.5) is 5.82 Å². The average molecular weight is 191 g/mol. The number of aromatic amines is 1. The zero-order valence-corrected chi connectivity index (χ0v) is 6.89. The van der Waals surface area contributed by atoms with Crippen LogP contribution in [-0.4, -0.2) is 19.9 Å². The summed E-state index contributed by atoms with van der Waals surface area (Å²) in [5.41, 5.74) is 5.58. The Kier molecular flexibility index (Phi) is 1.19. The first-order valence-corrected chi connectivity index (χ1v) is 3.84. The Labute approximate surface area is 77.9 Å². The molecule has 3 rings (SSSR count). The number of nitrogen functional groups attached to an aromatic ring is 1. The van der Waals surface area contributed by atoms with Gasteiger partial charge in [0.15, 0.2) is 5.82 Å². The predicted molar refractivity (Wildman–Crippen MR) is 45.2 cm³/mol.